The smallest absolute Gasteiger partial charge is 0.253 e. The van der Waals surface area contributed by atoms with E-state index in [0.717, 1.165) is 18.9 Å². The summed E-state index contributed by atoms with van der Waals surface area (Å²) in [4.78, 5) is 18.5. The summed E-state index contributed by atoms with van der Waals surface area (Å²) in [6.45, 7) is 9.66. The van der Waals surface area contributed by atoms with Crippen molar-refractivity contribution in [3.8, 4) is 0 Å². The number of pyridine rings is 1. The van der Waals surface area contributed by atoms with Crippen molar-refractivity contribution in [3.05, 3.63) is 23.9 Å². The number of aromatic nitrogens is 1. The molecule has 0 aromatic carbocycles. The summed E-state index contributed by atoms with van der Waals surface area (Å²) in [7, 11) is 0. The molecule has 0 unspecified atom stereocenters. The van der Waals surface area contributed by atoms with Gasteiger partial charge < -0.3 is 15.0 Å². The highest BCUT2D eigenvalue weighted by molar-refractivity contribution is 5.94. The lowest BCUT2D eigenvalue weighted by Gasteiger charge is -2.36. The number of amides is 1. The molecule has 0 spiro atoms. The van der Waals surface area contributed by atoms with Crippen LogP contribution < -0.4 is 10.2 Å². The van der Waals surface area contributed by atoms with E-state index in [4.69, 9.17) is 4.74 Å². The molecule has 1 aromatic heterocycles. The molecule has 1 aliphatic rings. The molecular formula is C15H23N3O2. The lowest BCUT2D eigenvalue weighted by molar-refractivity contribution is -0.00546. The van der Waals surface area contributed by atoms with Crippen molar-refractivity contribution >= 4 is 11.7 Å². The minimum Gasteiger partial charge on any atom is -0.372 e. The van der Waals surface area contributed by atoms with Crippen molar-refractivity contribution in [2.75, 3.05) is 18.0 Å². The molecule has 1 aliphatic heterocycles. The Morgan fingerprint density at radius 1 is 1.35 bits per heavy atom. The molecule has 1 saturated heterocycles. The van der Waals surface area contributed by atoms with E-state index in [0.29, 0.717) is 5.56 Å². The normalized spacial score (nSPS) is 22.9. The van der Waals surface area contributed by atoms with Gasteiger partial charge in [-0.3, -0.25) is 4.79 Å². The Kier molecular flexibility index (Phi) is 4.60. The molecule has 20 heavy (non-hydrogen) atoms. The van der Waals surface area contributed by atoms with Crippen molar-refractivity contribution in [3.63, 3.8) is 0 Å². The van der Waals surface area contributed by atoms with E-state index in [9.17, 15) is 4.79 Å². The van der Waals surface area contributed by atoms with Crippen LogP contribution in [0, 0.1) is 0 Å². The van der Waals surface area contributed by atoms with Gasteiger partial charge >= 0.3 is 0 Å². The van der Waals surface area contributed by atoms with Gasteiger partial charge in [0.05, 0.1) is 17.8 Å². The predicted octanol–water partition coefficient (Wildman–Crippen LogP) is 1.83. The number of nitrogens with zero attached hydrogens (tertiary/aromatic N) is 2. The first-order valence-electron chi connectivity index (χ1n) is 7.13. The molecule has 1 fully saturated rings. The van der Waals surface area contributed by atoms with Gasteiger partial charge in [0, 0.05) is 25.3 Å². The quantitative estimate of drug-likeness (QED) is 0.916. The van der Waals surface area contributed by atoms with Gasteiger partial charge in [-0.1, -0.05) is 0 Å². The van der Waals surface area contributed by atoms with Crippen LogP contribution in [0.4, 0.5) is 5.82 Å². The minimum absolute atomic E-state index is 0.0808. The number of morpholine rings is 1. The third kappa shape index (κ3) is 3.70. The number of anilines is 1. The topological polar surface area (TPSA) is 54.5 Å². The number of carbonyl (C=O) groups is 1. The number of hydrogen-bond acceptors (Lipinski definition) is 4. The second-order valence-electron chi connectivity index (χ2n) is 5.70. The van der Waals surface area contributed by atoms with Crippen molar-refractivity contribution < 1.29 is 9.53 Å². The van der Waals surface area contributed by atoms with Crippen LogP contribution >= 0.6 is 0 Å². The van der Waals surface area contributed by atoms with E-state index < -0.39 is 0 Å². The monoisotopic (exact) mass is 277 g/mol. The van der Waals surface area contributed by atoms with Gasteiger partial charge in [0.15, 0.2) is 0 Å². The third-order valence-electron chi connectivity index (χ3n) is 3.17. The molecule has 0 saturated carbocycles. The molecular weight excluding hydrogens is 254 g/mol. The first-order valence-corrected chi connectivity index (χ1v) is 7.13. The molecule has 110 valence electrons. The average molecular weight is 277 g/mol. The van der Waals surface area contributed by atoms with Gasteiger partial charge in [0.1, 0.15) is 5.82 Å². The Balaban J connectivity index is 2.06. The molecule has 2 rings (SSSR count). The molecule has 0 aliphatic carbocycles. The fourth-order valence-corrected chi connectivity index (χ4v) is 2.42. The van der Waals surface area contributed by atoms with Crippen LogP contribution in [0.25, 0.3) is 0 Å². The summed E-state index contributed by atoms with van der Waals surface area (Å²) >= 11 is 0. The zero-order valence-electron chi connectivity index (χ0n) is 12.6. The van der Waals surface area contributed by atoms with E-state index in [1.165, 1.54) is 0 Å². The molecule has 2 atom stereocenters. The van der Waals surface area contributed by atoms with Crippen molar-refractivity contribution in [1.82, 2.24) is 10.3 Å². The van der Waals surface area contributed by atoms with Crippen LogP contribution in [-0.4, -0.2) is 42.2 Å². The number of ether oxygens (including phenoxy) is 1. The fourth-order valence-electron chi connectivity index (χ4n) is 2.42. The summed E-state index contributed by atoms with van der Waals surface area (Å²) in [5.74, 6) is 0.816. The van der Waals surface area contributed by atoms with Crippen LogP contribution in [-0.2, 0) is 4.74 Å². The number of rotatable bonds is 3. The van der Waals surface area contributed by atoms with E-state index in [-0.39, 0.29) is 24.2 Å². The van der Waals surface area contributed by atoms with Gasteiger partial charge in [0.25, 0.3) is 5.91 Å². The van der Waals surface area contributed by atoms with Crippen molar-refractivity contribution in [2.45, 2.75) is 45.9 Å². The second kappa shape index (κ2) is 6.22. The van der Waals surface area contributed by atoms with Crippen molar-refractivity contribution in [1.29, 1.82) is 0 Å². The summed E-state index contributed by atoms with van der Waals surface area (Å²) < 4.78 is 5.71. The largest absolute Gasteiger partial charge is 0.372 e. The Bertz CT molecular complexity index is 449. The molecule has 5 nitrogen and oxygen atoms in total. The highest BCUT2D eigenvalue weighted by Gasteiger charge is 2.23. The maximum Gasteiger partial charge on any atom is 0.253 e. The van der Waals surface area contributed by atoms with E-state index in [1.54, 1.807) is 6.20 Å². The first kappa shape index (κ1) is 14.8. The average Bonchev–Trinajstić information content (AvgIpc) is 2.37. The summed E-state index contributed by atoms with van der Waals surface area (Å²) in [6, 6.07) is 3.85. The lowest BCUT2D eigenvalue weighted by Crippen LogP contribution is -2.45. The summed E-state index contributed by atoms with van der Waals surface area (Å²) in [6.07, 6.45) is 2.03. The van der Waals surface area contributed by atoms with E-state index >= 15 is 0 Å². The zero-order valence-corrected chi connectivity index (χ0v) is 12.6. The van der Waals surface area contributed by atoms with Gasteiger partial charge in [-0.25, -0.2) is 4.98 Å². The Labute approximate surface area is 120 Å². The standard InChI is InChI=1S/C15H23N3O2/c1-10(2)17-15(19)13-5-6-14(16-7-13)18-8-11(3)20-12(4)9-18/h5-7,10-12H,8-9H2,1-4H3,(H,17,19)/t11-,12-/m0/s1. The van der Waals surface area contributed by atoms with Crippen LogP contribution in [0.15, 0.2) is 18.3 Å². The van der Waals surface area contributed by atoms with Gasteiger partial charge in [0.2, 0.25) is 0 Å². The van der Waals surface area contributed by atoms with Gasteiger partial charge in [-0.05, 0) is 39.8 Å². The second-order valence-corrected chi connectivity index (χ2v) is 5.70. The van der Waals surface area contributed by atoms with Gasteiger partial charge in [-0.15, -0.1) is 0 Å². The third-order valence-corrected chi connectivity index (χ3v) is 3.17. The number of hydrogen-bond donors (Lipinski definition) is 1. The lowest BCUT2D eigenvalue weighted by atomic mass is 10.2. The number of nitrogens with one attached hydrogen (secondary N) is 1. The number of carbonyl (C=O) groups excluding carboxylic acids is 1. The van der Waals surface area contributed by atoms with Crippen molar-refractivity contribution in [2.24, 2.45) is 0 Å². The summed E-state index contributed by atoms with van der Waals surface area (Å²) in [5, 5.41) is 2.86. The molecule has 2 heterocycles. The molecule has 5 heteroatoms. The molecule has 0 bridgehead atoms. The molecule has 1 aromatic rings. The maximum atomic E-state index is 11.9. The highest BCUT2D eigenvalue weighted by Crippen LogP contribution is 2.18. The SMILES string of the molecule is CC(C)NC(=O)c1ccc(N2C[C@H](C)O[C@@H](C)C2)nc1. The Morgan fingerprint density at radius 3 is 2.50 bits per heavy atom. The minimum atomic E-state index is -0.0808. The first-order chi connectivity index (χ1) is 9.45. The highest BCUT2D eigenvalue weighted by atomic mass is 16.5. The Hall–Kier alpha value is -1.62. The molecule has 1 amide bonds. The van der Waals surface area contributed by atoms with Gasteiger partial charge in [-0.2, -0.15) is 0 Å². The Morgan fingerprint density at radius 2 is 2.00 bits per heavy atom. The fraction of sp³-hybridized carbons (Fsp3) is 0.600. The van der Waals surface area contributed by atoms with E-state index in [2.05, 4.69) is 29.0 Å². The van der Waals surface area contributed by atoms with Crippen LogP contribution in [0.2, 0.25) is 0 Å². The maximum absolute atomic E-state index is 11.9. The predicted molar refractivity (Wildman–Crippen MR) is 79.1 cm³/mol. The molecule has 0 radical (unpaired) electrons. The van der Waals surface area contributed by atoms with E-state index in [1.807, 2.05) is 26.0 Å². The van der Waals surface area contributed by atoms with Crippen LogP contribution in [0.1, 0.15) is 38.1 Å². The summed E-state index contributed by atoms with van der Waals surface area (Å²) in [5.41, 5.74) is 0.594. The van der Waals surface area contributed by atoms with Crippen LogP contribution in [0.5, 0.6) is 0 Å². The zero-order chi connectivity index (χ0) is 14.7. The van der Waals surface area contributed by atoms with Crippen LogP contribution in [0.3, 0.4) is 0 Å². The molecule has 1 N–H and O–H groups in total.